The van der Waals surface area contributed by atoms with Gasteiger partial charge in [-0.3, -0.25) is 4.79 Å². The third-order valence-electron chi connectivity index (χ3n) is 7.76. The summed E-state index contributed by atoms with van der Waals surface area (Å²) in [5.74, 6) is -0.919. The van der Waals surface area contributed by atoms with Crippen LogP contribution in [0.5, 0.6) is 6.01 Å². The van der Waals surface area contributed by atoms with Crippen LogP contribution in [0.4, 0.5) is 10.2 Å². The molecule has 2 atom stereocenters. The van der Waals surface area contributed by atoms with E-state index in [9.17, 15) is 14.4 Å². The summed E-state index contributed by atoms with van der Waals surface area (Å²) in [6.45, 7) is 17.0. The Bertz CT molecular complexity index is 1210. The highest BCUT2D eigenvalue weighted by Gasteiger charge is 2.34. The second kappa shape index (κ2) is 22.3. The summed E-state index contributed by atoms with van der Waals surface area (Å²) >= 11 is 6.37. The van der Waals surface area contributed by atoms with E-state index in [1.165, 1.54) is 37.0 Å². The highest BCUT2D eigenvalue weighted by molar-refractivity contribution is 6.31. The third-order valence-corrected chi connectivity index (χ3v) is 8.13. The number of piperazine rings is 1. The molecule has 0 spiro atoms. The molecule has 9 heteroatoms. The number of nitriles is 1. The average Bonchev–Trinajstić information content (AvgIpc) is 3.05. The molecule has 0 radical (unpaired) electrons. The first-order valence-electron chi connectivity index (χ1n) is 16.7. The van der Waals surface area contributed by atoms with Gasteiger partial charge < -0.3 is 14.5 Å². The van der Waals surface area contributed by atoms with Crippen molar-refractivity contribution < 1.29 is 13.9 Å². The van der Waals surface area contributed by atoms with Gasteiger partial charge in [0.2, 0.25) is 0 Å². The summed E-state index contributed by atoms with van der Waals surface area (Å²) in [4.78, 5) is 25.2. The SMILES string of the molecule is C=C(F)C(=O)N1CCN(c2nc(OC)nc([C@H](C)CCc3ccccc3Cl)c2CCC)CC1CC#N.CC.CCCCCCC. The van der Waals surface area contributed by atoms with Crippen molar-refractivity contribution in [3.05, 3.63) is 58.5 Å². The Morgan fingerprint density at radius 2 is 1.78 bits per heavy atom. The monoisotopic (exact) mass is 643 g/mol. The van der Waals surface area contributed by atoms with Gasteiger partial charge in [-0.15, -0.1) is 0 Å². The number of anilines is 1. The fourth-order valence-electron chi connectivity index (χ4n) is 5.36. The van der Waals surface area contributed by atoms with Gasteiger partial charge in [0.05, 0.1) is 31.3 Å². The smallest absolute Gasteiger partial charge is 0.318 e. The molecule has 45 heavy (non-hydrogen) atoms. The lowest BCUT2D eigenvalue weighted by Gasteiger charge is -2.41. The average molecular weight is 644 g/mol. The van der Waals surface area contributed by atoms with E-state index in [2.05, 4.69) is 45.2 Å². The lowest BCUT2D eigenvalue weighted by molar-refractivity contribution is -0.131. The van der Waals surface area contributed by atoms with Crippen LogP contribution in [-0.4, -0.2) is 53.6 Å². The maximum absolute atomic E-state index is 13.6. The van der Waals surface area contributed by atoms with Crippen molar-refractivity contribution in [3.8, 4) is 12.1 Å². The Morgan fingerprint density at radius 1 is 1.11 bits per heavy atom. The minimum Gasteiger partial charge on any atom is -0.467 e. The summed E-state index contributed by atoms with van der Waals surface area (Å²) in [7, 11) is 1.54. The van der Waals surface area contributed by atoms with Crippen molar-refractivity contribution in [1.82, 2.24) is 14.9 Å². The zero-order valence-electron chi connectivity index (χ0n) is 28.7. The molecular weight excluding hydrogens is 589 g/mol. The van der Waals surface area contributed by atoms with Gasteiger partial charge >= 0.3 is 6.01 Å². The Kier molecular flexibility index (Phi) is 19.8. The van der Waals surface area contributed by atoms with Crippen molar-refractivity contribution in [2.75, 3.05) is 31.6 Å². The van der Waals surface area contributed by atoms with Crippen LogP contribution < -0.4 is 9.64 Å². The van der Waals surface area contributed by atoms with Crippen LogP contribution in [-0.2, 0) is 17.6 Å². The molecule has 1 fully saturated rings. The van der Waals surface area contributed by atoms with Crippen LogP contribution in [0.15, 0.2) is 36.7 Å². The number of benzene rings is 1. The molecule has 1 unspecified atom stereocenters. The first-order chi connectivity index (χ1) is 21.7. The molecule has 0 aliphatic carbocycles. The number of unbranched alkanes of at least 4 members (excludes halogenated alkanes) is 4. The number of rotatable bonds is 14. The number of ether oxygens (including phenoxy) is 1. The maximum atomic E-state index is 13.6. The van der Waals surface area contributed by atoms with Crippen molar-refractivity contribution >= 4 is 23.3 Å². The maximum Gasteiger partial charge on any atom is 0.318 e. The molecule has 1 aromatic heterocycles. The number of hydrogen-bond acceptors (Lipinski definition) is 6. The molecule has 250 valence electrons. The van der Waals surface area contributed by atoms with Crippen molar-refractivity contribution in [2.24, 2.45) is 0 Å². The predicted molar refractivity (Wildman–Crippen MR) is 185 cm³/mol. The zero-order chi connectivity index (χ0) is 33.8. The minimum atomic E-state index is -1.02. The van der Waals surface area contributed by atoms with Gasteiger partial charge in [0.1, 0.15) is 5.82 Å². The van der Waals surface area contributed by atoms with Crippen LogP contribution in [0.3, 0.4) is 0 Å². The molecule has 1 aliphatic rings. The van der Waals surface area contributed by atoms with E-state index in [1.807, 2.05) is 38.1 Å². The topological polar surface area (TPSA) is 82.3 Å². The number of halogens is 2. The molecule has 2 aromatic rings. The van der Waals surface area contributed by atoms with Gasteiger partial charge in [-0.05, 0) is 36.8 Å². The number of amides is 1. The van der Waals surface area contributed by atoms with Gasteiger partial charge in [-0.2, -0.15) is 15.2 Å². The number of hydrogen-bond donors (Lipinski definition) is 0. The number of aryl methyl sites for hydroxylation is 1. The van der Waals surface area contributed by atoms with Gasteiger partial charge in [0, 0.05) is 30.2 Å². The largest absolute Gasteiger partial charge is 0.467 e. The van der Waals surface area contributed by atoms with E-state index >= 15 is 0 Å². The molecule has 1 aromatic carbocycles. The van der Waals surface area contributed by atoms with Crippen molar-refractivity contribution in [3.63, 3.8) is 0 Å². The second-order valence-corrected chi connectivity index (χ2v) is 11.5. The Hall–Kier alpha value is -3.18. The third kappa shape index (κ3) is 12.6. The molecule has 0 saturated carbocycles. The molecular formula is C36H55ClFN5O2. The van der Waals surface area contributed by atoms with Crippen LogP contribution >= 0.6 is 11.6 Å². The highest BCUT2D eigenvalue weighted by Crippen LogP contribution is 2.33. The Balaban J connectivity index is 0.000000991. The molecule has 1 aliphatic heterocycles. The highest BCUT2D eigenvalue weighted by atomic mass is 35.5. The van der Waals surface area contributed by atoms with Gasteiger partial charge in [0.25, 0.3) is 5.91 Å². The van der Waals surface area contributed by atoms with Crippen molar-refractivity contribution in [2.45, 2.75) is 118 Å². The number of carbonyl (C=O) groups excluding carboxylic acids is 1. The fraction of sp³-hybridized carbons (Fsp3) is 0.611. The number of carbonyl (C=O) groups is 1. The quantitative estimate of drug-likeness (QED) is 0.151. The van der Waals surface area contributed by atoms with E-state index in [-0.39, 0.29) is 24.9 Å². The van der Waals surface area contributed by atoms with Crippen LogP contribution in [0, 0.1) is 11.3 Å². The minimum absolute atomic E-state index is 0.0853. The molecule has 1 amide bonds. The Labute approximate surface area is 276 Å². The summed E-state index contributed by atoms with van der Waals surface area (Å²) in [5.41, 5.74) is 3.06. The van der Waals surface area contributed by atoms with E-state index < -0.39 is 17.8 Å². The number of aromatic nitrogens is 2. The Morgan fingerprint density at radius 3 is 2.33 bits per heavy atom. The van der Waals surface area contributed by atoms with E-state index in [0.29, 0.717) is 13.1 Å². The normalized spacial score (nSPS) is 14.7. The molecule has 2 heterocycles. The lowest BCUT2D eigenvalue weighted by atomic mass is 9.93. The van der Waals surface area contributed by atoms with Crippen LogP contribution in [0.25, 0.3) is 0 Å². The van der Waals surface area contributed by atoms with Crippen molar-refractivity contribution in [1.29, 1.82) is 5.26 Å². The van der Waals surface area contributed by atoms with Crippen LogP contribution in [0.1, 0.15) is 116 Å². The summed E-state index contributed by atoms with van der Waals surface area (Å²) < 4.78 is 19.1. The summed E-state index contributed by atoms with van der Waals surface area (Å²) in [5, 5.41) is 10.1. The zero-order valence-corrected chi connectivity index (χ0v) is 29.4. The standard InChI is InChI=1S/C27H33ClFN5O2.C7H16.C2H6/c1-5-8-22-24(18(2)11-12-20-9-6-7-10-23(20)28)31-27(36-4)32-25(22)33-15-16-34(26(35)19(3)29)21(17-33)13-14-30;1-3-5-7-6-4-2;1-2/h6-7,9-10,18,21H,3,5,8,11-13,15-17H2,1-2,4H3;3-7H2,1-2H3;1-2H3/t18-,21?;;/m1../s1. The fourth-order valence-corrected chi connectivity index (χ4v) is 5.59. The summed E-state index contributed by atoms with van der Waals surface area (Å²) in [6, 6.07) is 9.77. The predicted octanol–water partition coefficient (Wildman–Crippen LogP) is 9.24. The summed E-state index contributed by atoms with van der Waals surface area (Å²) in [6.07, 6.45) is 10.4. The number of methoxy groups -OCH3 is 1. The molecule has 0 bridgehead atoms. The van der Waals surface area contributed by atoms with E-state index in [4.69, 9.17) is 26.3 Å². The first-order valence-corrected chi connectivity index (χ1v) is 17.0. The van der Waals surface area contributed by atoms with E-state index in [1.54, 1.807) is 7.11 Å². The molecule has 3 rings (SSSR count). The number of nitrogens with zero attached hydrogens (tertiary/aromatic N) is 5. The molecule has 7 nitrogen and oxygen atoms in total. The first kappa shape index (κ1) is 39.8. The molecule has 1 saturated heterocycles. The van der Waals surface area contributed by atoms with Gasteiger partial charge in [0.15, 0.2) is 5.83 Å². The van der Waals surface area contributed by atoms with Gasteiger partial charge in [-0.1, -0.05) is 116 Å². The molecule has 0 N–H and O–H groups in total. The lowest BCUT2D eigenvalue weighted by Crippen LogP contribution is -2.55. The van der Waals surface area contributed by atoms with Gasteiger partial charge in [-0.25, -0.2) is 4.39 Å². The van der Waals surface area contributed by atoms with Crippen LogP contribution in [0.2, 0.25) is 5.02 Å². The van der Waals surface area contributed by atoms with E-state index in [0.717, 1.165) is 53.3 Å². The second-order valence-electron chi connectivity index (χ2n) is 11.1.